The molecule has 0 aromatic heterocycles. The van der Waals surface area contributed by atoms with E-state index in [2.05, 4.69) is 84.9 Å². The van der Waals surface area contributed by atoms with Gasteiger partial charge in [0.05, 0.1) is 0 Å². The Morgan fingerprint density at radius 2 is 0.722 bits per heavy atom. The molecule has 0 fully saturated rings. The van der Waals surface area contributed by atoms with E-state index >= 15 is 0 Å². The standard InChI is InChI=1S/C18H14/c1-3-5-7-9-11-13-15-17-18-16-14-12-10-8-6-4-2/h3-6H2,1-2H3. The van der Waals surface area contributed by atoms with E-state index in [1.165, 1.54) is 0 Å². The Balaban J connectivity index is 4.07. The minimum absolute atomic E-state index is 0.872. The van der Waals surface area contributed by atoms with E-state index in [-0.39, 0.29) is 0 Å². The molecule has 0 unspecified atom stereocenters. The van der Waals surface area contributed by atoms with Crippen molar-refractivity contribution in [1.82, 2.24) is 0 Å². The van der Waals surface area contributed by atoms with Gasteiger partial charge in [-0.15, -0.1) is 0 Å². The Kier molecular flexibility index (Phi) is 12.3. The summed E-state index contributed by atoms with van der Waals surface area (Å²) in [6, 6.07) is 0. The fraction of sp³-hybridized carbons (Fsp3) is 0.333. The highest BCUT2D eigenvalue weighted by molar-refractivity contribution is 5.44. The molecule has 0 N–H and O–H groups in total. The van der Waals surface area contributed by atoms with Gasteiger partial charge in [0.25, 0.3) is 0 Å². The highest BCUT2D eigenvalue weighted by Gasteiger charge is 1.66. The molecule has 86 valence electrons. The van der Waals surface area contributed by atoms with Crippen molar-refractivity contribution in [1.29, 1.82) is 0 Å². The van der Waals surface area contributed by atoms with Crippen LogP contribution >= 0.6 is 0 Å². The summed E-state index contributed by atoms with van der Waals surface area (Å²) in [4.78, 5) is 0. The van der Waals surface area contributed by atoms with Gasteiger partial charge in [0.1, 0.15) is 0 Å². The van der Waals surface area contributed by atoms with Gasteiger partial charge in [0.15, 0.2) is 0 Å². The van der Waals surface area contributed by atoms with Gasteiger partial charge >= 0.3 is 0 Å². The molecule has 0 radical (unpaired) electrons. The monoisotopic (exact) mass is 230 g/mol. The Morgan fingerprint density at radius 3 is 1.00 bits per heavy atom. The third-order valence-electron chi connectivity index (χ3n) is 1.49. The normalized spacial score (nSPS) is 5.67. The van der Waals surface area contributed by atoms with Crippen molar-refractivity contribution in [3.63, 3.8) is 0 Å². The molecule has 0 saturated heterocycles. The van der Waals surface area contributed by atoms with Crippen LogP contribution < -0.4 is 0 Å². The molecule has 18 heavy (non-hydrogen) atoms. The Labute approximate surface area is 111 Å². The smallest absolute Gasteiger partial charge is 0.00963 e. The molecular formula is C18H14. The molecule has 0 aliphatic rings. The first kappa shape index (κ1) is 15.4. The lowest BCUT2D eigenvalue weighted by atomic mass is 10.3. The zero-order valence-electron chi connectivity index (χ0n) is 10.8. The van der Waals surface area contributed by atoms with Crippen LogP contribution in [-0.2, 0) is 0 Å². The van der Waals surface area contributed by atoms with Crippen molar-refractivity contribution >= 4 is 0 Å². The van der Waals surface area contributed by atoms with Crippen molar-refractivity contribution in [2.45, 2.75) is 39.5 Å². The van der Waals surface area contributed by atoms with Crippen molar-refractivity contribution < 1.29 is 0 Å². The highest BCUT2D eigenvalue weighted by atomic mass is 13.7. The zero-order chi connectivity index (χ0) is 13.3. The summed E-state index contributed by atoms with van der Waals surface area (Å²) in [5.74, 6) is 32.0. The van der Waals surface area contributed by atoms with Crippen LogP contribution in [0.15, 0.2) is 0 Å². The molecule has 0 nitrogen and oxygen atoms in total. The van der Waals surface area contributed by atoms with Gasteiger partial charge in [-0.3, -0.25) is 0 Å². The van der Waals surface area contributed by atoms with E-state index in [0.29, 0.717) is 0 Å². The lowest BCUT2D eigenvalue weighted by Crippen LogP contribution is -1.60. The molecule has 0 bridgehead atoms. The maximum Gasteiger partial charge on any atom is 0.00963 e. The van der Waals surface area contributed by atoms with Gasteiger partial charge in [-0.1, -0.05) is 25.7 Å². The van der Waals surface area contributed by atoms with Gasteiger partial charge in [-0.25, -0.2) is 0 Å². The van der Waals surface area contributed by atoms with E-state index in [1.807, 2.05) is 0 Å². The Bertz CT molecular complexity index is 536. The predicted octanol–water partition coefficient (Wildman–Crippen LogP) is 2.61. The van der Waals surface area contributed by atoms with Gasteiger partial charge < -0.3 is 0 Å². The second-order valence-electron chi connectivity index (χ2n) is 3.10. The molecule has 0 heteroatoms. The summed E-state index contributed by atoms with van der Waals surface area (Å²) < 4.78 is 0. The van der Waals surface area contributed by atoms with Gasteiger partial charge in [0, 0.05) is 12.8 Å². The summed E-state index contributed by atoms with van der Waals surface area (Å²) in [6.45, 7) is 4.15. The Morgan fingerprint density at radius 1 is 0.444 bits per heavy atom. The molecule has 0 atom stereocenters. The van der Waals surface area contributed by atoms with Crippen LogP contribution in [0.5, 0.6) is 0 Å². The molecule has 0 aliphatic carbocycles. The fourth-order valence-electron chi connectivity index (χ4n) is 0.713. The first-order chi connectivity index (χ1) is 8.91. The summed E-state index contributed by atoms with van der Waals surface area (Å²) in [7, 11) is 0. The van der Waals surface area contributed by atoms with Gasteiger partial charge in [-0.2, -0.15) is 0 Å². The lowest BCUT2D eigenvalue weighted by Gasteiger charge is -1.71. The maximum atomic E-state index is 2.91. The highest BCUT2D eigenvalue weighted by Crippen LogP contribution is 1.80. The van der Waals surface area contributed by atoms with Crippen LogP contribution in [0.4, 0.5) is 0 Å². The minimum atomic E-state index is 0.872. The van der Waals surface area contributed by atoms with E-state index in [0.717, 1.165) is 25.7 Å². The van der Waals surface area contributed by atoms with Crippen molar-refractivity contribution in [2.75, 3.05) is 0 Å². The molecule has 0 rings (SSSR count). The number of hydrogen-bond donors (Lipinski definition) is 0. The molecule has 0 aromatic carbocycles. The third kappa shape index (κ3) is 13.4. The average Bonchev–Trinajstić information content (AvgIpc) is 2.39. The number of unbranched alkanes of at least 4 members (excludes halogenated alkanes) is 2. The molecule has 0 spiro atoms. The fourth-order valence-corrected chi connectivity index (χ4v) is 0.713. The van der Waals surface area contributed by atoms with Crippen molar-refractivity contribution in [3.8, 4) is 71.0 Å². The summed E-state index contributed by atoms with van der Waals surface area (Å²) >= 11 is 0. The second-order valence-corrected chi connectivity index (χ2v) is 3.10. The molecule has 0 saturated carbocycles. The van der Waals surface area contributed by atoms with Crippen LogP contribution in [0.3, 0.4) is 0 Å². The number of hydrogen-bond acceptors (Lipinski definition) is 0. The molecular weight excluding hydrogens is 216 g/mol. The first-order valence-electron chi connectivity index (χ1n) is 5.87. The molecule has 0 aromatic rings. The second kappa shape index (κ2) is 14.4. The molecule has 0 aliphatic heterocycles. The lowest BCUT2D eigenvalue weighted by molar-refractivity contribution is 0.983. The predicted molar refractivity (Wildman–Crippen MR) is 76.5 cm³/mol. The summed E-state index contributed by atoms with van der Waals surface area (Å²) in [6.07, 6.45) is 3.84. The SMILES string of the molecule is CCCC#CC#CC#CC#CC#CC#CCCC. The van der Waals surface area contributed by atoms with E-state index in [4.69, 9.17) is 0 Å². The van der Waals surface area contributed by atoms with Gasteiger partial charge in [0.2, 0.25) is 0 Å². The van der Waals surface area contributed by atoms with Crippen LogP contribution in [0, 0.1) is 71.0 Å². The van der Waals surface area contributed by atoms with E-state index in [1.54, 1.807) is 0 Å². The summed E-state index contributed by atoms with van der Waals surface area (Å²) in [5, 5.41) is 0. The Hall–Kier alpha value is -2.64. The van der Waals surface area contributed by atoms with E-state index in [9.17, 15) is 0 Å². The third-order valence-corrected chi connectivity index (χ3v) is 1.49. The molecule has 0 heterocycles. The van der Waals surface area contributed by atoms with Crippen LogP contribution in [0.2, 0.25) is 0 Å². The maximum absolute atomic E-state index is 2.91. The number of rotatable bonds is 2. The van der Waals surface area contributed by atoms with Crippen molar-refractivity contribution in [3.05, 3.63) is 0 Å². The van der Waals surface area contributed by atoms with Crippen molar-refractivity contribution in [2.24, 2.45) is 0 Å². The quantitative estimate of drug-likeness (QED) is 0.640. The topological polar surface area (TPSA) is 0 Å². The van der Waals surface area contributed by atoms with Gasteiger partial charge in [-0.05, 0) is 72.0 Å². The van der Waals surface area contributed by atoms with Crippen LogP contribution in [-0.4, -0.2) is 0 Å². The van der Waals surface area contributed by atoms with E-state index < -0.39 is 0 Å². The van der Waals surface area contributed by atoms with Crippen LogP contribution in [0.25, 0.3) is 0 Å². The first-order valence-corrected chi connectivity index (χ1v) is 5.87. The van der Waals surface area contributed by atoms with Crippen LogP contribution in [0.1, 0.15) is 39.5 Å². The zero-order valence-corrected chi connectivity index (χ0v) is 10.8. The molecule has 0 amide bonds. The summed E-state index contributed by atoms with van der Waals surface area (Å²) in [5.41, 5.74) is 0. The largest absolute Gasteiger partial charge is 0.0891 e. The minimum Gasteiger partial charge on any atom is -0.0891 e. The average molecular weight is 230 g/mol.